The van der Waals surface area contributed by atoms with Crippen molar-refractivity contribution in [3.63, 3.8) is 0 Å². The number of hydrogen-bond acceptors (Lipinski definition) is 10. The third kappa shape index (κ3) is 8.32. The number of nitrogens with zero attached hydrogens (tertiary/aromatic N) is 8. The number of aryl methyl sites for hydroxylation is 2. The van der Waals surface area contributed by atoms with E-state index in [2.05, 4.69) is 92.0 Å². The van der Waals surface area contributed by atoms with Crippen LogP contribution in [0.2, 0.25) is 0 Å². The van der Waals surface area contributed by atoms with Crippen molar-refractivity contribution in [3.8, 4) is 22.9 Å². The third-order valence-corrected chi connectivity index (χ3v) is 10.1. The lowest BCUT2D eigenvalue weighted by Gasteiger charge is -2.32. The molecule has 0 radical (unpaired) electrons. The molecule has 14 heteroatoms. The Morgan fingerprint density at radius 1 is 0.589 bits per heavy atom. The van der Waals surface area contributed by atoms with Gasteiger partial charge in [-0.1, -0.05) is 48.5 Å². The summed E-state index contributed by atoms with van der Waals surface area (Å²) in [6, 6.07) is 35.2. The molecule has 4 N–H and O–H groups in total. The molecule has 8 aromatic rings. The second kappa shape index (κ2) is 15.7. The zero-order chi connectivity index (χ0) is 39.6. The first-order valence-corrected chi connectivity index (χ1v) is 18.9. The molecule has 0 unspecified atom stereocenters. The lowest BCUT2D eigenvalue weighted by molar-refractivity contribution is 0.00578. The van der Waals surface area contributed by atoms with Crippen LogP contribution in [0, 0.1) is 13.8 Å². The SMILES string of the molecule is Cc1cccc(-n2ncc3ccc(-c4cccc(N)n4)cc32)n1.Cc1cccc(-n2ncc3ccc(B4OC(C)(C)C(C)(C)O4)cc32)n1.Nc1cccc(Br)n1. The van der Waals surface area contributed by atoms with Gasteiger partial charge in [0.25, 0.3) is 0 Å². The number of rotatable bonds is 4. The van der Waals surface area contributed by atoms with Gasteiger partial charge in [0.05, 0.1) is 40.3 Å². The highest BCUT2D eigenvalue weighted by molar-refractivity contribution is 9.10. The maximum Gasteiger partial charge on any atom is 0.494 e. The second-order valence-electron chi connectivity index (χ2n) is 14.4. The van der Waals surface area contributed by atoms with Crippen LogP contribution in [0.1, 0.15) is 39.1 Å². The maximum atomic E-state index is 6.17. The summed E-state index contributed by atoms with van der Waals surface area (Å²) in [7, 11) is -0.386. The smallest absolute Gasteiger partial charge is 0.399 e. The maximum absolute atomic E-state index is 6.17. The fourth-order valence-corrected chi connectivity index (χ4v) is 6.39. The number of nitrogens with two attached hydrogens (primary N) is 2. The summed E-state index contributed by atoms with van der Waals surface area (Å²) in [4.78, 5) is 17.4. The Bertz CT molecular complexity index is 2630. The first-order chi connectivity index (χ1) is 26.8. The molecule has 9 rings (SSSR count). The molecule has 1 aliphatic heterocycles. The van der Waals surface area contributed by atoms with Crippen LogP contribution < -0.4 is 16.9 Å². The monoisotopic (exact) mass is 808 g/mol. The van der Waals surface area contributed by atoms with Gasteiger partial charge in [-0.25, -0.2) is 29.3 Å². The van der Waals surface area contributed by atoms with Crippen LogP contribution in [-0.2, 0) is 9.31 Å². The lowest BCUT2D eigenvalue weighted by Crippen LogP contribution is -2.41. The molecule has 7 heterocycles. The standard InChI is InChI=1S/C19H22BN3O2.C18H15N5.C5H5BrN2/c1-13-7-6-8-17(22-13)23-16-11-15(10-9-14(16)12-21-23)20-24-18(2,3)19(4,5)25-20;1-12-4-2-7-18(21-12)23-16-10-13(8-9-14(16)11-20-23)15-5-3-6-17(19)22-15;6-4-2-1-3-5(7)8-4/h6-12H,1-5H3;2-11H,1H3,(H2,19,22);1-3H,(H2,7,8). The first-order valence-electron chi connectivity index (χ1n) is 18.1. The number of halogens is 1. The zero-order valence-corrected chi connectivity index (χ0v) is 33.6. The fraction of sp³-hybridized carbons (Fsp3) is 0.190. The minimum atomic E-state index is -0.386. The number of aromatic nitrogens is 8. The largest absolute Gasteiger partial charge is 0.494 e. The van der Waals surface area contributed by atoms with Gasteiger partial charge < -0.3 is 20.8 Å². The molecule has 1 saturated heterocycles. The van der Waals surface area contributed by atoms with Gasteiger partial charge in [-0.3, -0.25) is 0 Å². The van der Waals surface area contributed by atoms with Crippen molar-refractivity contribution >= 4 is 62.0 Å². The van der Waals surface area contributed by atoms with Crippen molar-refractivity contribution in [2.24, 2.45) is 0 Å². The third-order valence-electron chi connectivity index (χ3n) is 9.68. The van der Waals surface area contributed by atoms with E-state index in [4.69, 9.17) is 20.8 Å². The highest BCUT2D eigenvalue weighted by Crippen LogP contribution is 2.36. The molecule has 12 nitrogen and oxygen atoms in total. The number of fused-ring (bicyclic) bond motifs is 2. The Labute approximate surface area is 334 Å². The molecule has 282 valence electrons. The summed E-state index contributed by atoms with van der Waals surface area (Å²) >= 11 is 3.17. The van der Waals surface area contributed by atoms with Crippen molar-refractivity contribution in [1.82, 2.24) is 39.5 Å². The second-order valence-corrected chi connectivity index (χ2v) is 15.2. The van der Waals surface area contributed by atoms with Gasteiger partial charge >= 0.3 is 7.12 Å². The summed E-state index contributed by atoms with van der Waals surface area (Å²) in [6.45, 7) is 12.2. The molecule has 0 bridgehead atoms. The van der Waals surface area contributed by atoms with Crippen LogP contribution >= 0.6 is 15.9 Å². The van der Waals surface area contributed by atoms with Crippen molar-refractivity contribution < 1.29 is 9.31 Å². The highest BCUT2D eigenvalue weighted by Gasteiger charge is 2.51. The zero-order valence-electron chi connectivity index (χ0n) is 32.1. The van der Waals surface area contributed by atoms with Crippen molar-refractivity contribution in [2.45, 2.75) is 52.7 Å². The lowest BCUT2D eigenvalue weighted by atomic mass is 9.79. The van der Waals surface area contributed by atoms with E-state index in [1.165, 1.54) is 0 Å². The van der Waals surface area contributed by atoms with Crippen LogP contribution in [0.3, 0.4) is 0 Å². The van der Waals surface area contributed by atoms with Crippen LogP contribution in [0.5, 0.6) is 0 Å². The Morgan fingerprint density at radius 2 is 1.11 bits per heavy atom. The average molecular weight is 810 g/mol. The number of hydrogen-bond donors (Lipinski definition) is 2. The van der Waals surface area contributed by atoms with E-state index < -0.39 is 0 Å². The minimum absolute atomic E-state index is 0.356. The topological polar surface area (TPSA) is 158 Å². The number of nitrogen functional groups attached to an aromatic ring is 2. The number of anilines is 2. The first kappa shape index (κ1) is 38.3. The molecular formula is C42H42BBrN10O2. The minimum Gasteiger partial charge on any atom is -0.399 e. The quantitative estimate of drug-likeness (QED) is 0.133. The van der Waals surface area contributed by atoms with E-state index in [0.29, 0.717) is 11.6 Å². The van der Waals surface area contributed by atoms with Gasteiger partial charge in [-0.15, -0.1) is 0 Å². The Kier molecular flexibility index (Phi) is 10.7. The van der Waals surface area contributed by atoms with E-state index in [-0.39, 0.29) is 18.3 Å². The molecule has 1 fully saturated rings. The van der Waals surface area contributed by atoms with Crippen LogP contribution in [0.25, 0.3) is 44.7 Å². The molecule has 0 saturated carbocycles. The summed E-state index contributed by atoms with van der Waals surface area (Å²) in [5, 5.41) is 11.1. The van der Waals surface area contributed by atoms with E-state index >= 15 is 0 Å². The Hall–Kier alpha value is -5.96. The van der Waals surface area contributed by atoms with Crippen molar-refractivity contribution in [3.05, 3.63) is 138 Å². The number of benzene rings is 2. The summed E-state index contributed by atoms with van der Waals surface area (Å²) < 4.78 is 16.8. The van der Waals surface area contributed by atoms with Crippen LogP contribution in [-0.4, -0.2) is 57.8 Å². The van der Waals surface area contributed by atoms with Crippen molar-refractivity contribution in [2.75, 3.05) is 11.5 Å². The molecule has 0 atom stereocenters. The van der Waals surface area contributed by atoms with Gasteiger partial charge in [0.2, 0.25) is 0 Å². The van der Waals surface area contributed by atoms with E-state index in [1.54, 1.807) is 12.1 Å². The van der Waals surface area contributed by atoms with Gasteiger partial charge in [-0.2, -0.15) is 10.2 Å². The summed E-state index contributed by atoms with van der Waals surface area (Å²) in [5.74, 6) is 2.66. The summed E-state index contributed by atoms with van der Waals surface area (Å²) in [6.07, 6.45) is 3.70. The van der Waals surface area contributed by atoms with Crippen LogP contribution in [0.15, 0.2) is 126 Å². The fourth-order valence-electron chi connectivity index (χ4n) is 6.03. The molecule has 0 amide bonds. The molecule has 1 aliphatic rings. The van der Waals surface area contributed by atoms with Crippen molar-refractivity contribution in [1.29, 1.82) is 0 Å². The predicted octanol–water partition coefficient (Wildman–Crippen LogP) is 7.83. The predicted molar refractivity (Wildman–Crippen MR) is 227 cm³/mol. The van der Waals surface area contributed by atoms with E-state index in [1.807, 2.05) is 114 Å². The molecule has 2 aromatic carbocycles. The summed E-state index contributed by atoms with van der Waals surface area (Å²) in [5.41, 5.74) is 17.1. The van der Waals surface area contributed by atoms with E-state index in [0.717, 1.165) is 66.2 Å². The highest BCUT2D eigenvalue weighted by atomic mass is 79.9. The molecule has 0 spiro atoms. The normalized spacial score (nSPS) is 14.2. The Morgan fingerprint density at radius 3 is 1.62 bits per heavy atom. The van der Waals surface area contributed by atoms with Gasteiger partial charge in [-0.05, 0) is 124 Å². The average Bonchev–Trinajstić information content (AvgIpc) is 3.84. The van der Waals surface area contributed by atoms with Gasteiger partial charge in [0, 0.05) is 27.7 Å². The molecule has 6 aromatic heterocycles. The van der Waals surface area contributed by atoms with Crippen LogP contribution in [0.4, 0.5) is 11.6 Å². The van der Waals surface area contributed by atoms with E-state index in [9.17, 15) is 0 Å². The Balaban J connectivity index is 0.000000144. The molecule has 56 heavy (non-hydrogen) atoms. The van der Waals surface area contributed by atoms with Gasteiger partial charge in [0.15, 0.2) is 11.6 Å². The number of pyridine rings is 4. The molecular weight excluding hydrogens is 767 g/mol. The van der Waals surface area contributed by atoms with Gasteiger partial charge in [0.1, 0.15) is 16.2 Å². The molecule has 0 aliphatic carbocycles.